The Labute approximate surface area is 143 Å². The number of carboxylic acids is 1. The van der Waals surface area contributed by atoms with E-state index in [1.54, 1.807) is 23.1 Å². The number of hydrogen-bond donors (Lipinski definition) is 3. The van der Waals surface area contributed by atoms with E-state index >= 15 is 0 Å². The second-order valence-electron chi connectivity index (χ2n) is 5.51. The van der Waals surface area contributed by atoms with Gasteiger partial charge in [-0.15, -0.1) is 0 Å². The molecule has 1 aromatic carbocycles. The van der Waals surface area contributed by atoms with Crippen molar-refractivity contribution in [3.63, 3.8) is 0 Å². The average molecular weight is 346 g/mol. The zero-order valence-electron chi connectivity index (χ0n) is 13.8. The summed E-state index contributed by atoms with van der Waals surface area (Å²) in [5.41, 5.74) is 1.90. The maximum absolute atomic E-state index is 12.5. The number of anilines is 1. The summed E-state index contributed by atoms with van der Waals surface area (Å²) in [6.45, 7) is 0.681. The summed E-state index contributed by atoms with van der Waals surface area (Å²) in [4.78, 5) is 25.2. The Morgan fingerprint density at radius 2 is 2.04 bits per heavy atom. The number of amides is 2. The fourth-order valence-electron chi connectivity index (χ4n) is 2.78. The van der Waals surface area contributed by atoms with Gasteiger partial charge in [-0.05, 0) is 18.6 Å². The first-order chi connectivity index (χ1) is 12.0. The molecule has 0 bridgehead atoms. The van der Waals surface area contributed by atoms with Gasteiger partial charge in [0.05, 0.1) is 26.5 Å². The predicted octanol–water partition coefficient (Wildman–Crippen LogP) is 1.72. The molecule has 3 rings (SSSR count). The topological polar surface area (TPSA) is 117 Å². The number of hydrogen-bond acceptors (Lipinski definition) is 5. The minimum absolute atomic E-state index is 0.0231. The first-order valence-corrected chi connectivity index (χ1v) is 7.61. The molecule has 1 aliphatic heterocycles. The third-order valence-corrected chi connectivity index (χ3v) is 4.06. The molecule has 1 aromatic heterocycles. The second kappa shape index (κ2) is 6.71. The number of nitrogens with zero attached hydrogens (tertiary/aromatic N) is 2. The zero-order chi connectivity index (χ0) is 18.0. The Morgan fingerprint density at radius 1 is 1.28 bits per heavy atom. The predicted molar refractivity (Wildman–Crippen MR) is 88.2 cm³/mol. The zero-order valence-corrected chi connectivity index (χ0v) is 13.8. The Morgan fingerprint density at radius 3 is 2.72 bits per heavy atom. The number of benzene rings is 1. The van der Waals surface area contributed by atoms with Gasteiger partial charge in [0, 0.05) is 23.9 Å². The number of rotatable bonds is 4. The van der Waals surface area contributed by atoms with Crippen LogP contribution in [0, 0.1) is 0 Å². The Hall–Kier alpha value is -3.23. The van der Waals surface area contributed by atoms with E-state index in [0.717, 1.165) is 0 Å². The smallest absolute Gasteiger partial charge is 0.356 e. The van der Waals surface area contributed by atoms with Gasteiger partial charge in [0.25, 0.3) is 0 Å². The highest BCUT2D eigenvalue weighted by molar-refractivity contribution is 5.90. The number of methoxy groups -OCH3 is 2. The number of carboxylic acid groups (broad SMARTS) is 1. The molecular weight excluding hydrogens is 328 g/mol. The molecule has 2 aromatic rings. The van der Waals surface area contributed by atoms with E-state index in [2.05, 4.69) is 15.5 Å². The van der Waals surface area contributed by atoms with Gasteiger partial charge in [0.2, 0.25) is 0 Å². The van der Waals surface area contributed by atoms with E-state index in [-0.39, 0.29) is 18.3 Å². The number of aromatic nitrogens is 2. The second-order valence-corrected chi connectivity index (χ2v) is 5.51. The van der Waals surface area contributed by atoms with E-state index in [1.165, 1.54) is 14.2 Å². The highest BCUT2D eigenvalue weighted by Crippen LogP contribution is 2.30. The van der Waals surface area contributed by atoms with Gasteiger partial charge in [0.15, 0.2) is 17.2 Å². The summed E-state index contributed by atoms with van der Waals surface area (Å²) in [5, 5.41) is 18.4. The van der Waals surface area contributed by atoms with Gasteiger partial charge in [-0.2, -0.15) is 5.10 Å². The van der Waals surface area contributed by atoms with Crippen molar-refractivity contribution in [2.24, 2.45) is 0 Å². The standard InChI is InChI=1S/C16H18N4O5/c1-24-12-4-3-9(7-13(12)25-2)17-16(23)20-6-5-10-11(8-20)18-19-14(10)15(21)22/h3-4,7H,5-6,8H2,1-2H3,(H,17,23)(H,18,19)(H,21,22). The number of nitrogens with one attached hydrogen (secondary N) is 2. The van der Waals surface area contributed by atoms with E-state index in [0.29, 0.717) is 41.4 Å². The molecule has 0 saturated heterocycles. The molecule has 0 fully saturated rings. The maximum atomic E-state index is 12.5. The minimum atomic E-state index is -1.07. The normalized spacial score (nSPS) is 13.1. The van der Waals surface area contributed by atoms with Crippen LogP contribution < -0.4 is 14.8 Å². The van der Waals surface area contributed by atoms with Gasteiger partial charge < -0.3 is 24.8 Å². The Kier molecular flexibility index (Phi) is 4.46. The number of ether oxygens (including phenoxy) is 2. The summed E-state index contributed by atoms with van der Waals surface area (Å²) < 4.78 is 10.4. The van der Waals surface area contributed by atoms with Crippen molar-refractivity contribution in [3.05, 3.63) is 35.2 Å². The molecule has 2 heterocycles. The lowest BCUT2D eigenvalue weighted by molar-refractivity contribution is 0.0689. The summed E-state index contributed by atoms with van der Waals surface area (Å²) in [6, 6.07) is 4.80. The molecular formula is C16H18N4O5. The number of aromatic amines is 1. The molecule has 9 nitrogen and oxygen atoms in total. The summed E-state index contributed by atoms with van der Waals surface area (Å²) in [5.74, 6) is 0.0170. The molecule has 0 spiro atoms. The molecule has 1 aliphatic rings. The molecule has 25 heavy (non-hydrogen) atoms. The van der Waals surface area contributed by atoms with Crippen LogP contribution in [-0.4, -0.2) is 53.0 Å². The van der Waals surface area contributed by atoms with Crippen LogP contribution in [0.15, 0.2) is 18.2 Å². The van der Waals surface area contributed by atoms with Crippen molar-refractivity contribution < 1.29 is 24.2 Å². The fraction of sp³-hybridized carbons (Fsp3) is 0.312. The number of H-pyrrole nitrogens is 1. The van der Waals surface area contributed by atoms with Crippen LogP contribution in [0.2, 0.25) is 0 Å². The Bertz CT molecular complexity index is 817. The fourth-order valence-corrected chi connectivity index (χ4v) is 2.78. The van der Waals surface area contributed by atoms with E-state index in [9.17, 15) is 9.59 Å². The van der Waals surface area contributed by atoms with Crippen molar-refractivity contribution in [2.45, 2.75) is 13.0 Å². The monoisotopic (exact) mass is 346 g/mol. The first kappa shape index (κ1) is 16.6. The van der Waals surface area contributed by atoms with E-state index in [4.69, 9.17) is 14.6 Å². The molecule has 132 valence electrons. The van der Waals surface area contributed by atoms with Crippen molar-refractivity contribution in [1.82, 2.24) is 15.1 Å². The van der Waals surface area contributed by atoms with Crippen LogP contribution in [0.3, 0.4) is 0 Å². The van der Waals surface area contributed by atoms with Crippen molar-refractivity contribution in [2.75, 3.05) is 26.1 Å². The largest absolute Gasteiger partial charge is 0.493 e. The average Bonchev–Trinajstić information content (AvgIpc) is 3.04. The van der Waals surface area contributed by atoms with E-state index in [1.807, 2.05) is 0 Å². The van der Waals surface area contributed by atoms with Crippen molar-refractivity contribution in [3.8, 4) is 11.5 Å². The van der Waals surface area contributed by atoms with Gasteiger partial charge in [-0.3, -0.25) is 5.10 Å². The number of carbonyl (C=O) groups is 2. The minimum Gasteiger partial charge on any atom is -0.493 e. The lowest BCUT2D eigenvalue weighted by Crippen LogP contribution is -2.39. The van der Waals surface area contributed by atoms with Crippen LogP contribution in [0.4, 0.5) is 10.5 Å². The summed E-state index contributed by atoms with van der Waals surface area (Å²) >= 11 is 0. The van der Waals surface area contributed by atoms with Crippen LogP contribution in [0.5, 0.6) is 11.5 Å². The third kappa shape index (κ3) is 3.21. The van der Waals surface area contributed by atoms with Crippen molar-refractivity contribution >= 4 is 17.7 Å². The van der Waals surface area contributed by atoms with Gasteiger partial charge in [0.1, 0.15) is 0 Å². The third-order valence-electron chi connectivity index (χ3n) is 4.06. The molecule has 0 radical (unpaired) electrons. The highest BCUT2D eigenvalue weighted by Gasteiger charge is 2.27. The number of fused-ring (bicyclic) bond motifs is 1. The van der Waals surface area contributed by atoms with E-state index < -0.39 is 5.97 Å². The van der Waals surface area contributed by atoms with Crippen LogP contribution in [0.1, 0.15) is 21.7 Å². The highest BCUT2D eigenvalue weighted by atomic mass is 16.5. The molecule has 9 heteroatoms. The summed E-state index contributed by atoms with van der Waals surface area (Å²) in [7, 11) is 3.06. The summed E-state index contributed by atoms with van der Waals surface area (Å²) in [6.07, 6.45) is 0.437. The molecule has 2 amide bonds. The number of carbonyl (C=O) groups excluding carboxylic acids is 1. The molecule has 0 aliphatic carbocycles. The van der Waals surface area contributed by atoms with Gasteiger partial charge in [-0.25, -0.2) is 9.59 Å². The molecule has 0 saturated carbocycles. The quantitative estimate of drug-likeness (QED) is 0.776. The Balaban J connectivity index is 1.71. The molecule has 3 N–H and O–H groups in total. The number of aromatic carboxylic acids is 1. The van der Waals surface area contributed by atoms with Crippen molar-refractivity contribution in [1.29, 1.82) is 0 Å². The molecule has 0 atom stereocenters. The van der Waals surface area contributed by atoms with Crippen LogP contribution in [0.25, 0.3) is 0 Å². The van der Waals surface area contributed by atoms with Gasteiger partial charge >= 0.3 is 12.0 Å². The van der Waals surface area contributed by atoms with Gasteiger partial charge in [-0.1, -0.05) is 0 Å². The van der Waals surface area contributed by atoms with Crippen LogP contribution in [-0.2, 0) is 13.0 Å². The number of urea groups is 1. The maximum Gasteiger partial charge on any atom is 0.356 e. The lowest BCUT2D eigenvalue weighted by atomic mass is 10.0. The lowest BCUT2D eigenvalue weighted by Gasteiger charge is -2.27. The molecule has 0 unspecified atom stereocenters. The SMILES string of the molecule is COc1ccc(NC(=O)N2CCc3c(C(=O)O)n[nH]c3C2)cc1OC. The van der Waals surface area contributed by atoms with Crippen LogP contribution >= 0.6 is 0 Å². The first-order valence-electron chi connectivity index (χ1n) is 7.61.